The summed E-state index contributed by atoms with van der Waals surface area (Å²) in [5.74, 6) is 2.50. The first-order chi connectivity index (χ1) is 9.75. The Bertz CT molecular complexity index is 394. The lowest BCUT2D eigenvalue weighted by Crippen LogP contribution is -2.16. The van der Waals surface area contributed by atoms with E-state index in [1.165, 1.54) is 32.1 Å². The zero-order chi connectivity index (χ0) is 14.2. The summed E-state index contributed by atoms with van der Waals surface area (Å²) >= 11 is 6.01. The molecule has 0 unspecified atom stereocenters. The molecule has 1 aliphatic carbocycles. The summed E-state index contributed by atoms with van der Waals surface area (Å²) in [5.41, 5.74) is 0. The molecule has 112 valence electrons. The lowest BCUT2D eigenvalue weighted by molar-refractivity contribution is 0.0833. The van der Waals surface area contributed by atoms with Crippen molar-refractivity contribution in [1.82, 2.24) is 0 Å². The SMILES string of the molecule is C[C@@H]1CCC[C@H](CCOCCOc2ccccc2Cl)C1. The maximum atomic E-state index is 6.01. The summed E-state index contributed by atoms with van der Waals surface area (Å²) in [6, 6.07) is 7.54. The molecule has 2 rings (SSSR count). The van der Waals surface area contributed by atoms with Crippen molar-refractivity contribution < 1.29 is 9.47 Å². The molecule has 20 heavy (non-hydrogen) atoms. The Morgan fingerprint density at radius 1 is 1.15 bits per heavy atom. The van der Waals surface area contributed by atoms with Crippen LogP contribution in [0.1, 0.15) is 39.0 Å². The molecular formula is C17H25ClO2. The van der Waals surface area contributed by atoms with E-state index < -0.39 is 0 Å². The van der Waals surface area contributed by atoms with Crippen LogP contribution in [0.25, 0.3) is 0 Å². The summed E-state index contributed by atoms with van der Waals surface area (Å²) in [6.45, 7) is 4.41. The van der Waals surface area contributed by atoms with E-state index in [0.717, 1.165) is 24.2 Å². The number of rotatable bonds is 7. The van der Waals surface area contributed by atoms with Crippen molar-refractivity contribution in [3.63, 3.8) is 0 Å². The topological polar surface area (TPSA) is 18.5 Å². The molecule has 0 radical (unpaired) electrons. The van der Waals surface area contributed by atoms with Gasteiger partial charge in [-0.1, -0.05) is 49.9 Å². The van der Waals surface area contributed by atoms with Gasteiger partial charge in [0.1, 0.15) is 12.4 Å². The fourth-order valence-electron chi connectivity index (χ4n) is 2.95. The van der Waals surface area contributed by atoms with Gasteiger partial charge < -0.3 is 9.47 Å². The predicted octanol–water partition coefficient (Wildman–Crippen LogP) is 4.95. The minimum atomic E-state index is 0.560. The quantitative estimate of drug-likeness (QED) is 0.663. The van der Waals surface area contributed by atoms with Crippen molar-refractivity contribution in [2.45, 2.75) is 39.0 Å². The van der Waals surface area contributed by atoms with Crippen molar-refractivity contribution in [3.05, 3.63) is 29.3 Å². The van der Waals surface area contributed by atoms with E-state index in [1.807, 2.05) is 24.3 Å². The molecule has 0 amide bonds. The van der Waals surface area contributed by atoms with Crippen LogP contribution >= 0.6 is 11.6 Å². The largest absolute Gasteiger partial charge is 0.490 e. The Balaban J connectivity index is 1.53. The summed E-state index contributed by atoms with van der Waals surface area (Å²) < 4.78 is 11.3. The number of hydrogen-bond donors (Lipinski definition) is 0. The van der Waals surface area contributed by atoms with Gasteiger partial charge in [0.15, 0.2) is 0 Å². The predicted molar refractivity (Wildman–Crippen MR) is 83.5 cm³/mol. The highest BCUT2D eigenvalue weighted by Crippen LogP contribution is 2.30. The van der Waals surface area contributed by atoms with Crippen LogP contribution in [-0.4, -0.2) is 19.8 Å². The summed E-state index contributed by atoms with van der Waals surface area (Å²) in [7, 11) is 0. The number of halogens is 1. The van der Waals surface area contributed by atoms with E-state index in [9.17, 15) is 0 Å². The zero-order valence-electron chi connectivity index (χ0n) is 12.3. The van der Waals surface area contributed by atoms with Gasteiger partial charge in [-0.05, 0) is 36.8 Å². The highest BCUT2D eigenvalue weighted by atomic mass is 35.5. The molecule has 0 bridgehead atoms. The van der Waals surface area contributed by atoms with Gasteiger partial charge in [-0.25, -0.2) is 0 Å². The van der Waals surface area contributed by atoms with Crippen LogP contribution in [-0.2, 0) is 4.74 Å². The first-order valence-corrected chi connectivity index (χ1v) is 8.08. The van der Waals surface area contributed by atoms with Crippen LogP contribution in [0.3, 0.4) is 0 Å². The highest BCUT2D eigenvalue weighted by molar-refractivity contribution is 6.32. The van der Waals surface area contributed by atoms with Crippen molar-refractivity contribution >= 4 is 11.6 Å². The van der Waals surface area contributed by atoms with E-state index in [0.29, 0.717) is 18.2 Å². The van der Waals surface area contributed by atoms with Gasteiger partial charge in [-0.2, -0.15) is 0 Å². The second-order valence-corrected chi connectivity index (χ2v) is 6.22. The summed E-state index contributed by atoms with van der Waals surface area (Å²) in [6.07, 6.45) is 6.74. The Morgan fingerprint density at radius 3 is 2.80 bits per heavy atom. The Kier molecular flexibility index (Phi) is 6.68. The van der Waals surface area contributed by atoms with Crippen molar-refractivity contribution in [2.24, 2.45) is 11.8 Å². The second kappa shape index (κ2) is 8.53. The molecule has 3 heteroatoms. The summed E-state index contributed by atoms with van der Waals surface area (Å²) in [4.78, 5) is 0. The first kappa shape index (κ1) is 15.7. The molecule has 1 fully saturated rings. The van der Waals surface area contributed by atoms with Crippen LogP contribution < -0.4 is 4.74 Å². The van der Waals surface area contributed by atoms with E-state index in [1.54, 1.807) is 0 Å². The smallest absolute Gasteiger partial charge is 0.138 e. The van der Waals surface area contributed by atoms with Crippen LogP contribution in [0.4, 0.5) is 0 Å². The van der Waals surface area contributed by atoms with Gasteiger partial charge >= 0.3 is 0 Å². The molecule has 0 aromatic heterocycles. The number of benzene rings is 1. The highest BCUT2D eigenvalue weighted by Gasteiger charge is 2.18. The molecule has 0 aliphatic heterocycles. The molecule has 1 aromatic rings. The van der Waals surface area contributed by atoms with Gasteiger partial charge in [-0.15, -0.1) is 0 Å². The molecule has 0 spiro atoms. The average Bonchev–Trinajstić information content (AvgIpc) is 2.44. The van der Waals surface area contributed by atoms with Gasteiger partial charge in [0, 0.05) is 6.61 Å². The fraction of sp³-hybridized carbons (Fsp3) is 0.647. The maximum absolute atomic E-state index is 6.01. The van der Waals surface area contributed by atoms with Crippen LogP contribution in [0.2, 0.25) is 5.02 Å². The Hall–Kier alpha value is -0.730. The number of para-hydroxylation sites is 1. The third kappa shape index (κ3) is 5.34. The van der Waals surface area contributed by atoms with Gasteiger partial charge in [-0.3, -0.25) is 0 Å². The Labute approximate surface area is 127 Å². The number of ether oxygens (including phenoxy) is 2. The summed E-state index contributed by atoms with van der Waals surface area (Å²) in [5, 5.41) is 0.656. The van der Waals surface area contributed by atoms with Crippen LogP contribution in [0, 0.1) is 11.8 Å². The monoisotopic (exact) mass is 296 g/mol. The van der Waals surface area contributed by atoms with E-state index in [-0.39, 0.29) is 0 Å². The lowest BCUT2D eigenvalue weighted by atomic mass is 9.81. The van der Waals surface area contributed by atoms with Crippen molar-refractivity contribution in [1.29, 1.82) is 0 Å². The van der Waals surface area contributed by atoms with E-state index in [4.69, 9.17) is 21.1 Å². The maximum Gasteiger partial charge on any atom is 0.138 e. The van der Waals surface area contributed by atoms with Crippen molar-refractivity contribution in [2.75, 3.05) is 19.8 Å². The molecule has 0 heterocycles. The van der Waals surface area contributed by atoms with Crippen LogP contribution in [0.15, 0.2) is 24.3 Å². The second-order valence-electron chi connectivity index (χ2n) is 5.82. The van der Waals surface area contributed by atoms with E-state index in [2.05, 4.69) is 6.92 Å². The molecule has 0 saturated heterocycles. The molecule has 2 atom stereocenters. The lowest BCUT2D eigenvalue weighted by Gasteiger charge is -2.26. The number of hydrogen-bond acceptors (Lipinski definition) is 2. The molecule has 1 aromatic carbocycles. The van der Waals surface area contributed by atoms with Gasteiger partial charge in [0.2, 0.25) is 0 Å². The standard InChI is InChI=1S/C17H25ClO2/c1-14-5-4-6-15(13-14)9-10-19-11-12-20-17-8-3-2-7-16(17)18/h2-3,7-8,14-15H,4-6,9-13H2,1H3/t14-,15-/m1/s1. The molecule has 2 nitrogen and oxygen atoms in total. The molecular weight excluding hydrogens is 272 g/mol. The third-order valence-electron chi connectivity index (χ3n) is 4.04. The van der Waals surface area contributed by atoms with E-state index >= 15 is 0 Å². The third-order valence-corrected chi connectivity index (χ3v) is 4.35. The zero-order valence-corrected chi connectivity index (χ0v) is 13.1. The average molecular weight is 297 g/mol. The molecule has 1 aliphatic rings. The molecule has 1 saturated carbocycles. The van der Waals surface area contributed by atoms with Crippen molar-refractivity contribution in [3.8, 4) is 5.75 Å². The fourth-order valence-corrected chi connectivity index (χ4v) is 3.14. The van der Waals surface area contributed by atoms with Gasteiger partial charge in [0.25, 0.3) is 0 Å². The minimum Gasteiger partial charge on any atom is -0.490 e. The normalized spacial score (nSPS) is 22.7. The van der Waals surface area contributed by atoms with Crippen LogP contribution in [0.5, 0.6) is 5.75 Å². The Morgan fingerprint density at radius 2 is 2.00 bits per heavy atom. The first-order valence-electron chi connectivity index (χ1n) is 7.71. The van der Waals surface area contributed by atoms with Gasteiger partial charge in [0.05, 0.1) is 11.6 Å². The molecule has 0 N–H and O–H groups in total. The minimum absolute atomic E-state index is 0.560.